The van der Waals surface area contributed by atoms with E-state index in [0.29, 0.717) is 17.0 Å². The van der Waals surface area contributed by atoms with Gasteiger partial charge in [0.2, 0.25) is 0 Å². The van der Waals surface area contributed by atoms with Crippen molar-refractivity contribution in [2.24, 2.45) is 0 Å². The maximum absolute atomic E-state index is 13.2. The van der Waals surface area contributed by atoms with E-state index >= 15 is 0 Å². The molecule has 0 radical (unpaired) electrons. The van der Waals surface area contributed by atoms with E-state index < -0.39 is 28.4 Å². The number of aliphatic hydroxyl groups excluding tert-OH is 1. The summed E-state index contributed by atoms with van der Waals surface area (Å²) in [6.45, 7) is 0. The summed E-state index contributed by atoms with van der Waals surface area (Å²) in [7, 11) is 1.51. The minimum atomic E-state index is -1.06. The van der Waals surface area contributed by atoms with Crippen LogP contribution in [0.15, 0.2) is 96.3 Å². The van der Waals surface area contributed by atoms with Gasteiger partial charge in [0.1, 0.15) is 5.75 Å². The molecular formula is C26H20N2O6. The van der Waals surface area contributed by atoms with Crippen LogP contribution in [0.25, 0.3) is 6.08 Å². The average molecular weight is 456 g/mol. The number of allylic oxidation sites excluding steroid dienone is 1. The van der Waals surface area contributed by atoms with Crippen molar-refractivity contribution < 1.29 is 24.4 Å². The van der Waals surface area contributed by atoms with Crippen molar-refractivity contribution in [3.05, 3.63) is 118 Å². The molecule has 0 spiro atoms. The maximum Gasteiger partial charge on any atom is 0.294 e. The fourth-order valence-electron chi connectivity index (χ4n) is 3.82. The largest absolute Gasteiger partial charge is 0.503 e. The number of amides is 1. The lowest BCUT2D eigenvalue weighted by molar-refractivity contribution is -0.384. The van der Waals surface area contributed by atoms with E-state index in [-0.39, 0.29) is 11.3 Å². The summed E-state index contributed by atoms with van der Waals surface area (Å²) in [5.74, 6) is -1.50. The fraction of sp³-hybridized carbons (Fsp3) is 0.0769. The Morgan fingerprint density at radius 2 is 1.76 bits per heavy atom. The molecular weight excluding hydrogens is 436 g/mol. The number of nitrogens with zero attached hydrogens (tertiary/aromatic N) is 2. The zero-order valence-electron chi connectivity index (χ0n) is 18.1. The van der Waals surface area contributed by atoms with Crippen molar-refractivity contribution >= 4 is 29.1 Å². The number of non-ortho nitro benzene ring substituents is 1. The van der Waals surface area contributed by atoms with Gasteiger partial charge in [-0.05, 0) is 41.5 Å². The van der Waals surface area contributed by atoms with E-state index in [1.54, 1.807) is 48.5 Å². The van der Waals surface area contributed by atoms with Crippen molar-refractivity contribution in [3.8, 4) is 5.75 Å². The number of anilines is 1. The van der Waals surface area contributed by atoms with Crippen LogP contribution in [0.1, 0.15) is 17.2 Å². The first-order chi connectivity index (χ1) is 16.4. The lowest BCUT2D eigenvalue weighted by Crippen LogP contribution is -2.30. The Labute approximate surface area is 195 Å². The first-order valence-electron chi connectivity index (χ1n) is 10.3. The SMILES string of the molecule is COc1ccc(N2C(=O)C(O)=C(C(=O)/C=C/c3ccccc3)[C@H]2c2cccc([N+](=O)[O-])c2)cc1. The summed E-state index contributed by atoms with van der Waals surface area (Å²) in [5.41, 5.74) is 1.12. The standard InChI is InChI=1S/C26H20N2O6/c1-34-21-13-11-19(12-14-21)27-24(18-8-5-9-20(16-18)28(32)33)23(25(30)26(27)31)22(29)15-10-17-6-3-2-4-7-17/h2-16,24,30H,1H3/b15-10+/t24-/m1/s1. The van der Waals surface area contributed by atoms with Crippen LogP contribution >= 0.6 is 0 Å². The molecule has 170 valence electrons. The molecule has 3 aromatic carbocycles. The third kappa shape index (κ3) is 4.29. The van der Waals surface area contributed by atoms with Gasteiger partial charge in [0, 0.05) is 17.8 Å². The van der Waals surface area contributed by atoms with E-state index in [9.17, 15) is 24.8 Å². The van der Waals surface area contributed by atoms with Crippen LogP contribution in [0.4, 0.5) is 11.4 Å². The number of nitro groups is 1. The lowest BCUT2D eigenvalue weighted by Gasteiger charge is -2.26. The quantitative estimate of drug-likeness (QED) is 0.311. The second-order valence-corrected chi connectivity index (χ2v) is 7.50. The smallest absolute Gasteiger partial charge is 0.294 e. The number of ketones is 1. The predicted octanol–water partition coefficient (Wildman–Crippen LogP) is 4.79. The van der Waals surface area contributed by atoms with Crippen LogP contribution in [0.5, 0.6) is 5.75 Å². The van der Waals surface area contributed by atoms with Crippen LogP contribution in [-0.2, 0) is 9.59 Å². The Hall–Kier alpha value is -4.72. The number of methoxy groups -OCH3 is 1. The van der Waals surface area contributed by atoms with Gasteiger partial charge in [0.05, 0.1) is 23.6 Å². The number of rotatable bonds is 7. The number of nitro benzene ring substituents is 1. The maximum atomic E-state index is 13.2. The average Bonchev–Trinajstić information content (AvgIpc) is 3.13. The summed E-state index contributed by atoms with van der Waals surface area (Å²) < 4.78 is 5.17. The van der Waals surface area contributed by atoms with Gasteiger partial charge in [-0.3, -0.25) is 24.6 Å². The predicted molar refractivity (Wildman–Crippen MR) is 126 cm³/mol. The Morgan fingerprint density at radius 1 is 1.06 bits per heavy atom. The molecule has 0 aliphatic carbocycles. The summed E-state index contributed by atoms with van der Waals surface area (Å²) in [5, 5.41) is 22.1. The number of carbonyl (C=O) groups excluding carboxylic acids is 2. The molecule has 1 heterocycles. The normalized spacial score (nSPS) is 15.7. The van der Waals surface area contributed by atoms with Crippen molar-refractivity contribution in [2.75, 3.05) is 12.0 Å². The van der Waals surface area contributed by atoms with Crippen molar-refractivity contribution in [1.29, 1.82) is 0 Å². The summed E-state index contributed by atoms with van der Waals surface area (Å²) >= 11 is 0. The molecule has 0 bridgehead atoms. The molecule has 1 atom stereocenters. The summed E-state index contributed by atoms with van der Waals surface area (Å²) in [6, 6.07) is 20.2. The number of aliphatic hydroxyl groups is 1. The Bertz CT molecular complexity index is 1310. The Morgan fingerprint density at radius 3 is 2.41 bits per heavy atom. The number of benzene rings is 3. The molecule has 0 saturated heterocycles. The van der Waals surface area contributed by atoms with Crippen LogP contribution in [0, 0.1) is 10.1 Å². The van der Waals surface area contributed by atoms with E-state index in [2.05, 4.69) is 0 Å². The highest BCUT2D eigenvalue weighted by Crippen LogP contribution is 2.42. The van der Waals surface area contributed by atoms with Gasteiger partial charge in [-0.2, -0.15) is 0 Å². The highest BCUT2D eigenvalue weighted by molar-refractivity contribution is 6.19. The molecule has 0 saturated carbocycles. The summed E-state index contributed by atoms with van der Waals surface area (Å²) in [6.07, 6.45) is 2.85. The molecule has 1 aliphatic heterocycles. The van der Waals surface area contributed by atoms with E-state index in [4.69, 9.17) is 4.74 Å². The Balaban J connectivity index is 1.81. The molecule has 1 N–H and O–H groups in total. The van der Waals surface area contributed by atoms with Crippen LogP contribution in [0.2, 0.25) is 0 Å². The first kappa shape index (κ1) is 22.5. The van der Waals surface area contributed by atoms with Gasteiger partial charge >= 0.3 is 0 Å². The van der Waals surface area contributed by atoms with E-state index in [1.165, 1.54) is 36.3 Å². The van der Waals surface area contributed by atoms with Crippen LogP contribution < -0.4 is 9.64 Å². The van der Waals surface area contributed by atoms with Gasteiger partial charge in [0.15, 0.2) is 11.5 Å². The number of hydrogen-bond donors (Lipinski definition) is 1. The first-order valence-corrected chi connectivity index (χ1v) is 10.3. The molecule has 0 unspecified atom stereocenters. The lowest BCUT2D eigenvalue weighted by atomic mass is 9.95. The van der Waals surface area contributed by atoms with E-state index in [1.807, 2.05) is 18.2 Å². The summed E-state index contributed by atoms with van der Waals surface area (Å²) in [4.78, 5) is 38.4. The van der Waals surface area contributed by atoms with Gasteiger partial charge in [-0.25, -0.2) is 0 Å². The molecule has 3 aromatic rings. The minimum absolute atomic E-state index is 0.159. The Kier molecular flexibility index (Phi) is 6.22. The molecule has 8 heteroatoms. The van der Waals surface area contributed by atoms with Crippen molar-refractivity contribution in [1.82, 2.24) is 0 Å². The van der Waals surface area contributed by atoms with Gasteiger partial charge in [0.25, 0.3) is 11.6 Å². The number of carbonyl (C=O) groups is 2. The van der Waals surface area contributed by atoms with Gasteiger partial charge in [-0.15, -0.1) is 0 Å². The van der Waals surface area contributed by atoms with Crippen LogP contribution in [-0.4, -0.2) is 28.8 Å². The molecule has 0 fully saturated rings. The molecule has 1 amide bonds. The molecule has 0 aromatic heterocycles. The number of hydrogen-bond acceptors (Lipinski definition) is 6. The van der Waals surface area contributed by atoms with Gasteiger partial charge < -0.3 is 9.84 Å². The third-order valence-corrected chi connectivity index (χ3v) is 5.45. The molecule has 1 aliphatic rings. The zero-order chi connectivity index (χ0) is 24.2. The van der Waals surface area contributed by atoms with Gasteiger partial charge in [-0.1, -0.05) is 48.5 Å². The monoisotopic (exact) mass is 456 g/mol. The minimum Gasteiger partial charge on any atom is -0.503 e. The second kappa shape index (κ2) is 9.41. The van der Waals surface area contributed by atoms with Crippen molar-refractivity contribution in [3.63, 3.8) is 0 Å². The highest BCUT2D eigenvalue weighted by Gasteiger charge is 2.44. The van der Waals surface area contributed by atoms with Crippen LogP contribution in [0.3, 0.4) is 0 Å². The third-order valence-electron chi connectivity index (χ3n) is 5.45. The van der Waals surface area contributed by atoms with E-state index in [0.717, 1.165) is 5.56 Å². The molecule has 8 nitrogen and oxygen atoms in total. The number of ether oxygens (including phenoxy) is 1. The zero-order valence-corrected chi connectivity index (χ0v) is 18.1. The van der Waals surface area contributed by atoms with Crippen molar-refractivity contribution in [2.45, 2.75) is 6.04 Å². The topological polar surface area (TPSA) is 110 Å². The molecule has 4 rings (SSSR count). The highest BCUT2D eigenvalue weighted by atomic mass is 16.6. The second-order valence-electron chi connectivity index (χ2n) is 7.50. The fourth-order valence-corrected chi connectivity index (χ4v) is 3.82. The molecule has 34 heavy (non-hydrogen) atoms.